The zero-order chi connectivity index (χ0) is 21.5. The van der Waals surface area contributed by atoms with Crippen molar-refractivity contribution in [3.8, 4) is 22.7 Å². The molecule has 10 heteroatoms. The number of hydrogen-bond donors (Lipinski definition) is 2. The predicted octanol–water partition coefficient (Wildman–Crippen LogP) is 3.81. The second-order valence-corrected chi connectivity index (χ2v) is 7.35. The summed E-state index contributed by atoms with van der Waals surface area (Å²) in [6.45, 7) is 0.394. The fourth-order valence-corrected chi connectivity index (χ4v) is 3.46. The second-order valence-electron chi connectivity index (χ2n) is 6.91. The van der Waals surface area contributed by atoms with Crippen molar-refractivity contribution in [3.63, 3.8) is 0 Å². The van der Waals surface area contributed by atoms with E-state index in [4.69, 9.17) is 17.3 Å². The molecule has 0 amide bonds. The Balaban J connectivity index is 1.60. The molecule has 8 nitrogen and oxygen atoms in total. The largest absolute Gasteiger partial charge is 0.506 e. The van der Waals surface area contributed by atoms with Crippen LogP contribution in [0.5, 0.6) is 5.75 Å². The summed E-state index contributed by atoms with van der Waals surface area (Å²) in [5, 5.41) is 22.6. The number of anilines is 1. The van der Waals surface area contributed by atoms with Crippen LogP contribution in [0.3, 0.4) is 0 Å². The number of phenols is 1. The van der Waals surface area contributed by atoms with Crippen molar-refractivity contribution in [2.24, 2.45) is 0 Å². The molecule has 0 unspecified atom stereocenters. The molecule has 5 aromatic rings. The molecular formula is C21H15ClFN7O. The summed E-state index contributed by atoms with van der Waals surface area (Å²) >= 11 is 5.90. The monoisotopic (exact) mass is 435 g/mol. The summed E-state index contributed by atoms with van der Waals surface area (Å²) in [4.78, 5) is 4.29. The zero-order valence-corrected chi connectivity index (χ0v) is 16.7. The van der Waals surface area contributed by atoms with Gasteiger partial charge in [0.25, 0.3) is 0 Å². The number of pyridine rings is 1. The summed E-state index contributed by atoms with van der Waals surface area (Å²) in [6, 6.07) is 13.2. The van der Waals surface area contributed by atoms with Crippen molar-refractivity contribution < 1.29 is 9.50 Å². The van der Waals surface area contributed by atoms with Gasteiger partial charge in [0.2, 0.25) is 0 Å². The van der Waals surface area contributed by atoms with Crippen LogP contribution < -0.4 is 5.73 Å². The second kappa shape index (κ2) is 7.37. The molecule has 0 saturated heterocycles. The number of aromatic nitrogens is 6. The highest BCUT2D eigenvalue weighted by Gasteiger charge is 2.16. The minimum Gasteiger partial charge on any atom is -0.506 e. The first-order valence-electron chi connectivity index (χ1n) is 9.26. The minimum absolute atomic E-state index is 0.0419. The number of nitrogen functional groups attached to an aromatic ring is 1. The molecule has 0 bridgehead atoms. The Kier molecular flexibility index (Phi) is 4.52. The molecule has 0 aliphatic heterocycles. The molecule has 3 aromatic heterocycles. The summed E-state index contributed by atoms with van der Waals surface area (Å²) in [5.41, 5.74) is 9.19. The van der Waals surface area contributed by atoms with Crippen LogP contribution >= 0.6 is 11.6 Å². The molecule has 3 heterocycles. The van der Waals surface area contributed by atoms with Crippen molar-refractivity contribution >= 4 is 28.3 Å². The number of phenolic OH excluding ortho intramolecular Hbond substituents is 1. The SMILES string of the molecule is Nc1cc(-n2nnc3c(F)cc(-c4ccnn4Cc4ccc(Cl)cn4)cc32)ccc1O. The molecule has 3 N–H and O–H groups in total. The molecule has 0 saturated carbocycles. The van der Waals surface area contributed by atoms with E-state index >= 15 is 0 Å². The molecule has 2 aromatic carbocycles. The zero-order valence-electron chi connectivity index (χ0n) is 15.9. The van der Waals surface area contributed by atoms with E-state index in [1.807, 2.05) is 6.07 Å². The van der Waals surface area contributed by atoms with E-state index in [0.717, 1.165) is 5.69 Å². The Hall–Kier alpha value is -3.98. The van der Waals surface area contributed by atoms with Gasteiger partial charge in [0.1, 0.15) is 11.3 Å². The number of rotatable bonds is 4. The minimum atomic E-state index is -0.511. The van der Waals surface area contributed by atoms with E-state index in [2.05, 4.69) is 20.4 Å². The van der Waals surface area contributed by atoms with Crippen LogP contribution in [0.15, 0.2) is 60.9 Å². The maximum Gasteiger partial charge on any atom is 0.153 e. The number of fused-ring (bicyclic) bond motifs is 1. The summed E-state index contributed by atoms with van der Waals surface area (Å²) in [7, 11) is 0. The first kappa shape index (κ1) is 19.0. The average molecular weight is 436 g/mol. The number of nitrogens with zero attached hydrogens (tertiary/aromatic N) is 6. The van der Waals surface area contributed by atoms with Crippen LogP contribution in [0.4, 0.5) is 10.1 Å². The van der Waals surface area contributed by atoms with Gasteiger partial charge in [-0.2, -0.15) is 5.10 Å². The number of hydrogen-bond acceptors (Lipinski definition) is 6. The third-order valence-electron chi connectivity index (χ3n) is 4.87. The van der Waals surface area contributed by atoms with E-state index in [-0.39, 0.29) is 17.0 Å². The van der Waals surface area contributed by atoms with Crippen LogP contribution in [0.1, 0.15) is 5.69 Å². The van der Waals surface area contributed by atoms with Crippen LogP contribution in [0.25, 0.3) is 28.0 Å². The third kappa shape index (κ3) is 3.44. The first-order valence-corrected chi connectivity index (χ1v) is 9.64. The lowest BCUT2D eigenvalue weighted by Crippen LogP contribution is -2.05. The molecule has 31 heavy (non-hydrogen) atoms. The van der Waals surface area contributed by atoms with E-state index in [1.54, 1.807) is 47.4 Å². The van der Waals surface area contributed by atoms with E-state index < -0.39 is 5.82 Å². The van der Waals surface area contributed by atoms with Gasteiger partial charge in [0.05, 0.1) is 39.8 Å². The van der Waals surface area contributed by atoms with Gasteiger partial charge in [0.15, 0.2) is 5.82 Å². The number of halogens is 2. The number of aromatic hydroxyl groups is 1. The molecule has 154 valence electrons. The molecule has 0 radical (unpaired) electrons. The van der Waals surface area contributed by atoms with E-state index in [1.165, 1.54) is 16.8 Å². The normalized spacial score (nSPS) is 11.3. The molecule has 0 spiro atoms. The van der Waals surface area contributed by atoms with E-state index in [0.29, 0.717) is 34.0 Å². The Morgan fingerprint density at radius 1 is 1.10 bits per heavy atom. The first-order chi connectivity index (χ1) is 15.0. The lowest BCUT2D eigenvalue weighted by molar-refractivity contribution is 0.478. The summed E-state index contributed by atoms with van der Waals surface area (Å²) < 4.78 is 18.1. The maximum absolute atomic E-state index is 14.9. The summed E-state index contributed by atoms with van der Waals surface area (Å²) in [5.74, 6) is -0.553. The van der Waals surface area contributed by atoms with Crippen LogP contribution in [-0.2, 0) is 6.54 Å². The Labute approximate surface area is 180 Å². The van der Waals surface area contributed by atoms with Crippen molar-refractivity contribution in [1.82, 2.24) is 29.8 Å². The quantitative estimate of drug-likeness (QED) is 0.328. The van der Waals surface area contributed by atoms with Gasteiger partial charge >= 0.3 is 0 Å². The molecule has 0 fully saturated rings. The van der Waals surface area contributed by atoms with Gasteiger partial charge < -0.3 is 10.8 Å². The summed E-state index contributed by atoms with van der Waals surface area (Å²) in [6.07, 6.45) is 3.21. The van der Waals surface area contributed by atoms with Crippen LogP contribution in [0.2, 0.25) is 5.02 Å². The van der Waals surface area contributed by atoms with Gasteiger partial charge in [0, 0.05) is 18.0 Å². The Morgan fingerprint density at radius 3 is 2.74 bits per heavy atom. The smallest absolute Gasteiger partial charge is 0.153 e. The van der Waals surface area contributed by atoms with Gasteiger partial charge in [-0.05, 0) is 48.5 Å². The lowest BCUT2D eigenvalue weighted by Gasteiger charge is -2.09. The van der Waals surface area contributed by atoms with Crippen LogP contribution in [-0.4, -0.2) is 34.9 Å². The molecule has 5 rings (SSSR count). The highest BCUT2D eigenvalue weighted by molar-refractivity contribution is 6.30. The topological polar surface area (TPSA) is 108 Å². The fourth-order valence-electron chi connectivity index (χ4n) is 3.35. The van der Waals surface area contributed by atoms with Gasteiger partial charge in [-0.3, -0.25) is 9.67 Å². The lowest BCUT2D eigenvalue weighted by atomic mass is 10.1. The molecule has 0 aliphatic rings. The van der Waals surface area contributed by atoms with Crippen molar-refractivity contribution in [2.45, 2.75) is 6.54 Å². The standard InChI is InChI=1S/C21H15ClFN7O/c22-13-1-2-14(25-10-13)11-29-18(5-6-26-29)12-7-16(23)21-19(8-12)30(28-27-21)15-3-4-20(31)17(24)9-15/h1-10,31H,11,24H2. The van der Waals surface area contributed by atoms with Gasteiger partial charge in [-0.1, -0.05) is 16.8 Å². The van der Waals surface area contributed by atoms with Gasteiger partial charge in [-0.15, -0.1) is 5.10 Å². The third-order valence-corrected chi connectivity index (χ3v) is 5.10. The Morgan fingerprint density at radius 2 is 1.97 bits per heavy atom. The predicted molar refractivity (Wildman–Crippen MR) is 114 cm³/mol. The fraction of sp³-hybridized carbons (Fsp3) is 0.0476. The average Bonchev–Trinajstić information content (AvgIpc) is 3.39. The van der Waals surface area contributed by atoms with Crippen molar-refractivity contribution in [2.75, 3.05) is 5.73 Å². The highest BCUT2D eigenvalue weighted by Crippen LogP contribution is 2.29. The number of benzene rings is 2. The van der Waals surface area contributed by atoms with Crippen LogP contribution in [0, 0.1) is 5.82 Å². The van der Waals surface area contributed by atoms with Crippen molar-refractivity contribution in [3.05, 3.63) is 77.5 Å². The molecular weight excluding hydrogens is 421 g/mol. The number of nitrogens with two attached hydrogens (primary N) is 1. The maximum atomic E-state index is 14.9. The van der Waals surface area contributed by atoms with Crippen molar-refractivity contribution in [1.29, 1.82) is 0 Å². The molecule has 0 aliphatic carbocycles. The highest BCUT2D eigenvalue weighted by atomic mass is 35.5. The molecule has 0 atom stereocenters. The Bertz CT molecular complexity index is 1410. The van der Waals surface area contributed by atoms with E-state index in [9.17, 15) is 9.50 Å². The van der Waals surface area contributed by atoms with Gasteiger partial charge in [-0.25, -0.2) is 9.07 Å².